The Kier molecular flexibility index (Phi) is 4.81. The molecule has 0 fully saturated rings. The molecule has 0 radical (unpaired) electrons. The molecule has 0 N–H and O–H groups in total. The van der Waals surface area contributed by atoms with Gasteiger partial charge in [-0.2, -0.15) is 0 Å². The van der Waals surface area contributed by atoms with E-state index in [1.165, 1.54) is 0 Å². The minimum Gasteiger partial charge on any atom is -0.336 e. The number of benzene rings is 1. The van der Waals surface area contributed by atoms with E-state index in [9.17, 15) is 4.79 Å². The van der Waals surface area contributed by atoms with E-state index in [0.29, 0.717) is 17.1 Å². The summed E-state index contributed by atoms with van der Waals surface area (Å²) in [5, 5.41) is 1.58. The van der Waals surface area contributed by atoms with E-state index in [1.54, 1.807) is 35.4 Å². The molecular formula is C13H12ClIN2OS. The number of rotatable bonds is 3. The van der Waals surface area contributed by atoms with Gasteiger partial charge in [-0.3, -0.25) is 4.79 Å². The maximum Gasteiger partial charge on any atom is 0.255 e. The number of carbonyl (C=O) groups excluding carboxylic acids is 1. The summed E-state index contributed by atoms with van der Waals surface area (Å²) in [5.74, 6) is -0.0297. The third-order valence-corrected chi connectivity index (χ3v) is 4.64. The molecule has 1 heterocycles. The summed E-state index contributed by atoms with van der Waals surface area (Å²) >= 11 is 9.70. The van der Waals surface area contributed by atoms with Gasteiger partial charge >= 0.3 is 0 Å². The number of aromatic nitrogens is 1. The van der Waals surface area contributed by atoms with Crippen LogP contribution in [0.15, 0.2) is 24.4 Å². The number of nitrogens with zero attached hydrogens (tertiary/aromatic N) is 2. The van der Waals surface area contributed by atoms with Crippen molar-refractivity contribution in [3.8, 4) is 0 Å². The first-order valence-corrected chi connectivity index (χ1v) is 7.86. The fraction of sp³-hybridized carbons (Fsp3) is 0.231. The Hall–Kier alpha value is -0.660. The topological polar surface area (TPSA) is 33.2 Å². The van der Waals surface area contributed by atoms with Crippen molar-refractivity contribution in [3.05, 3.63) is 48.4 Å². The first kappa shape index (κ1) is 14.7. The second kappa shape index (κ2) is 6.19. The zero-order valence-electron chi connectivity index (χ0n) is 10.5. The van der Waals surface area contributed by atoms with E-state index in [1.807, 2.05) is 19.2 Å². The highest BCUT2D eigenvalue weighted by Crippen LogP contribution is 2.21. The predicted octanol–water partition coefficient (Wildman–Crippen LogP) is 3.98. The van der Waals surface area contributed by atoms with Crippen molar-refractivity contribution in [3.63, 3.8) is 0 Å². The summed E-state index contributed by atoms with van der Waals surface area (Å²) in [6.07, 6.45) is 1.81. The lowest BCUT2D eigenvalue weighted by Crippen LogP contribution is -2.26. The van der Waals surface area contributed by atoms with E-state index in [2.05, 4.69) is 27.6 Å². The van der Waals surface area contributed by atoms with Crippen molar-refractivity contribution in [1.82, 2.24) is 9.88 Å². The van der Waals surface area contributed by atoms with Crippen LogP contribution in [-0.2, 0) is 6.54 Å². The Morgan fingerprint density at radius 2 is 2.26 bits per heavy atom. The molecule has 0 aliphatic heterocycles. The van der Waals surface area contributed by atoms with Crippen molar-refractivity contribution in [2.45, 2.75) is 13.5 Å². The molecule has 2 aromatic rings. The molecule has 19 heavy (non-hydrogen) atoms. The molecule has 0 unspecified atom stereocenters. The van der Waals surface area contributed by atoms with Gasteiger partial charge in [0, 0.05) is 26.7 Å². The SMILES string of the molecule is Cc1ncc(CN(C)C(=O)c2cc(Cl)ccc2I)s1. The van der Waals surface area contributed by atoms with Crippen LogP contribution in [0.3, 0.4) is 0 Å². The molecule has 3 nitrogen and oxygen atoms in total. The van der Waals surface area contributed by atoms with Gasteiger partial charge in [-0.25, -0.2) is 4.98 Å². The van der Waals surface area contributed by atoms with Crippen molar-refractivity contribution in [2.75, 3.05) is 7.05 Å². The van der Waals surface area contributed by atoms with Gasteiger partial charge in [-0.1, -0.05) is 11.6 Å². The minimum absolute atomic E-state index is 0.0297. The van der Waals surface area contributed by atoms with Crippen LogP contribution >= 0.6 is 45.5 Å². The molecular weight excluding hydrogens is 395 g/mol. The summed E-state index contributed by atoms with van der Waals surface area (Å²) in [5.41, 5.74) is 0.636. The molecule has 0 aliphatic rings. The highest BCUT2D eigenvalue weighted by molar-refractivity contribution is 14.1. The molecule has 1 aromatic heterocycles. The summed E-state index contributed by atoms with van der Waals surface area (Å²) in [7, 11) is 1.79. The van der Waals surface area contributed by atoms with Gasteiger partial charge in [0.25, 0.3) is 5.91 Å². The second-order valence-electron chi connectivity index (χ2n) is 4.13. The first-order valence-electron chi connectivity index (χ1n) is 5.59. The Morgan fingerprint density at radius 1 is 1.53 bits per heavy atom. The summed E-state index contributed by atoms with van der Waals surface area (Å²) < 4.78 is 0.902. The molecule has 0 saturated heterocycles. The maximum absolute atomic E-state index is 12.4. The number of carbonyl (C=O) groups is 1. The molecule has 0 aliphatic carbocycles. The lowest BCUT2D eigenvalue weighted by molar-refractivity contribution is 0.0785. The molecule has 0 bridgehead atoms. The Bertz CT molecular complexity index is 614. The van der Waals surface area contributed by atoms with Crippen molar-refractivity contribution in [1.29, 1.82) is 0 Å². The van der Waals surface area contributed by atoms with E-state index in [-0.39, 0.29) is 5.91 Å². The minimum atomic E-state index is -0.0297. The average molecular weight is 407 g/mol. The van der Waals surface area contributed by atoms with Gasteiger partial charge in [-0.15, -0.1) is 11.3 Å². The van der Waals surface area contributed by atoms with Gasteiger partial charge in [0.05, 0.1) is 17.1 Å². The van der Waals surface area contributed by atoms with E-state index >= 15 is 0 Å². The van der Waals surface area contributed by atoms with Gasteiger partial charge in [0.2, 0.25) is 0 Å². The number of thiazole rings is 1. The van der Waals surface area contributed by atoms with E-state index in [4.69, 9.17) is 11.6 Å². The van der Waals surface area contributed by atoms with Crippen LogP contribution in [0.1, 0.15) is 20.2 Å². The molecule has 0 spiro atoms. The van der Waals surface area contributed by atoms with Crippen LogP contribution in [0.5, 0.6) is 0 Å². The quantitative estimate of drug-likeness (QED) is 0.722. The Balaban J connectivity index is 2.16. The predicted molar refractivity (Wildman–Crippen MR) is 86.8 cm³/mol. The van der Waals surface area contributed by atoms with Crippen LogP contribution < -0.4 is 0 Å². The zero-order valence-corrected chi connectivity index (χ0v) is 14.2. The number of amides is 1. The zero-order chi connectivity index (χ0) is 14.0. The molecule has 6 heteroatoms. The van der Waals surface area contributed by atoms with Crippen LogP contribution in [0.4, 0.5) is 0 Å². The normalized spacial score (nSPS) is 10.5. The highest BCUT2D eigenvalue weighted by Gasteiger charge is 2.16. The summed E-state index contributed by atoms with van der Waals surface area (Å²) in [6, 6.07) is 5.34. The number of hydrogen-bond donors (Lipinski definition) is 0. The Morgan fingerprint density at radius 3 is 2.89 bits per heavy atom. The first-order chi connectivity index (χ1) is 8.97. The van der Waals surface area contributed by atoms with Gasteiger partial charge in [0.15, 0.2) is 0 Å². The lowest BCUT2D eigenvalue weighted by atomic mass is 10.2. The number of aryl methyl sites for hydroxylation is 1. The average Bonchev–Trinajstić information content (AvgIpc) is 2.77. The molecule has 0 atom stereocenters. The van der Waals surface area contributed by atoms with Crippen molar-refractivity contribution >= 4 is 51.4 Å². The van der Waals surface area contributed by atoms with Gasteiger partial charge in [-0.05, 0) is 47.7 Å². The fourth-order valence-electron chi connectivity index (χ4n) is 1.65. The largest absolute Gasteiger partial charge is 0.336 e. The number of halogens is 2. The van der Waals surface area contributed by atoms with Crippen molar-refractivity contribution < 1.29 is 4.79 Å². The third-order valence-electron chi connectivity index (χ3n) is 2.57. The number of hydrogen-bond acceptors (Lipinski definition) is 3. The maximum atomic E-state index is 12.4. The van der Waals surface area contributed by atoms with Crippen LogP contribution in [0.2, 0.25) is 5.02 Å². The van der Waals surface area contributed by atoms with Gasteiger partial charge < -0.3 is 4.90 Å². The van der Waals surface area contributed by atoms with E-state index in [0.717, 1.165) is 13.5 Å². The van der Waals surface area contributed by atoms with E-state index < -0.39 is 0 Å². The molecule has 0 saturated carbocycles. The van der Waals surface area contributed by atoms with Crippen LogP contribution in [-0.4, -0.2) is 22.8 Å². The summed E-state index contributed by atoms with van der Waals surface area (Å²) in [6.45, 7) is 2.52. The lowest BCUT2D eigenvalue weighted by Gasteiger charge is -2.17. The highest BCUT2D eigenvalue weighted by atomic mass is 127. The Labute approximate surface area is 134 Å². The standard InChI is InChI=1S/C13H12ClIN2OS/c1-8-16-6-10(19-8)7-17(2)13(18)11-5-9(14)3-4-12(11)15/h3-6H,7H2,1-2H3. The fourth-order valence-corrected chi connectivity index (χ4v) is 3.24. The second-order valence-corrected chi connectivity index (χ2v) is 7.05. The molecule has 1 aromatic carbocycles. The molecule has 1 amide bonds. The van der Waals surface area contributed by atoms with Crippen LogP contribution in [0, 0.1) is 10.5 Å². The smallest absolute Gasteiger partial charge is 0.255 e. The monoisotopic (exact) mass is 406 g/mol. The van der Waals surface area contributed by atoms with Gasteiger partial charge in [0.1, 0.15) is 0 Å². The molecule has 100 valence electrons. The summed E-state index contributed by atoms with van der Waals surface area (Å²) in [4.78, 5) is 19.3. The van der Waals surface area contributed by atoms with Crippen molar-refractivity contribution in [2.24, 2.45) is 0 Å². The molecule has 2 rings (SSSR count). The van der Waals surface area contributed by atoms with Crippen LogP contribution in [0.25, 0.3) is 0 Å². The third kappa shape index (κ3) is 3.67.